The van der Waals surface area contributed by atoms with E-state index in [1.807, 2.05) is 0 Å². The van der Waals surface area contributed by atoms with Gasteiger partial charge in [-0.2, -0.15) is 0 Å². The van der Waals surface area contributed by atoms with Crippen LogP contribution < -0.4 is 15.8 Å². The number of ether oxygens (including phenoxy) is 1. The van der Waals surface area contributed by atoms with Crippen LogP contribution in [0, 0.1) is 0 Å². The molecule has 1 unspecified atom stereocenters. The average molecular weight is 238 g/mol. The third kappa shape index (κ3) is 3.44. The highest BCUT2D eigenvalue weighted by Crippen LogP contribution is 2.22. The summed E-state index contributed by atoms with van der Waals surface area (Å²) in [5.74, 6) is 0.491. The van der Waals surface area contributed by atoms with Gasteiger partial charge in [0.2, 0.25) is 0 Å². The summed E-state index contributed by atoms with van der Waals surface area (Å²) in [5.41, 5.74) is 6.70. The molecule has 0 amide bonds. The molecule has 0 fully saturated rings. The summed E-state index contributed by atoms with van der Waals surface area (Å²) in [4.78, 5) is 12.0. The van der Waals surface area contributed by atoms with Crippen molar-refractivity contribution in [3.05, 3.63) is 23.8 Å². The number of methoxy groups -OCH3 is 1. The Morgan fingerprint density at radius 3 is 2.82 bits per heavy atom. The van der Waals surface area contributed by atoms with Crippen LogP contribution >= 0.6 is 0 Å². The molecule has 94 valence electrons. The molecule has 0 aliphatic carbocycles. The van der Waals surface area contributed by atoms with E-state index in [2.05, 4.69) is 5.32 Å². The first-order chi connectivity index (χ1) is 8.10. The molecule has 1 aromatic rings. The van der Waals surface area contributed by atoms with Crippen LogP contribution in [0.4, 0.5) is 5.69 Å². The maximum Gasteiger partial charge on any atom is 0.179 e. The van der Waals surface area contributed by atoms with Gasteiger partial charge in [-0.15, -0.1) is 0 Å². The third-order valence-electron chi connectivity index (χ3n) is 2.47. The van der Waals surface area contributed by atoms with E-state index in [4.69, 9.17) is 15.6 Å². The van der Waals surface area contributed by atoms with E-state index in [0.29, 0.717) is 23.5 Å². The van der Waals surface area contributed by atoms with E-state index in [-0.39, 0.29) is 18.4 Å². The molecule has 1 atom stereocenters. The Morgan fingerprint density at radius 1 is 1.59 bits per heavy atom. The molecule has 0 heterocycles. The molecule has 4 N–H and O–H groups in total. The van der Waals surface area contributed by atoms with Crippen LogP contribution in [0.5, 0.6) is 5.75 Å². The summed E-state index contributed by atoms with van der Waals surface area (Å²) in [5, 5.41) is 11.6. The van der Waals surface area contributed by atoms with Gasteiger partial charge in [-0.05, 0) is 25.1 Å². The van der Waals surface area contributed by atoms with Gasteiger partial charge in [0.1, 0.15) is 5.75 Å². The number of hydrogen-bond donors (Lipinski definition) is 3. The summed E-state index contributed by atoms with van der Waals surface area (Å²) in [6.45, 7) is 2.14. The van der Waals surface area contributed by atoms with Gasteiger partial charge in [-0.25, -0.2) is 0 Å². The number of aliphatic hydroxyl groups is 1. The second-order valence-corrected chi connectivity index (χ2v) is 3.72. The van der Waals surface area contributed by atoms with Crippen molar-refractivity contribution in [3.63, 3.8) is 0 Å². The van der Waals surface area contributed by atoms with Gasteiger partial charge >= 0.3 is 0 Å². The van der Waals surface area contributed by atoms with Gasteiger partial charge in [0.25, 0.3) is 0 Å². The lowest BCUT2D eigenvalue weighted by Gasteiger charge is -2.13. The lowest BCUT2D eigenvalue weighted by Crippen LogP contribution is -2.35. The zero-order valence-electron chi connectivity index (χ0n) is 10.1. The first-order valence-corrected chi connectivity index (χ1v) is 5.42. The molecule has 1 aromatic carbocycles. The molecule has 5 nitrogen and oxygen atoms in total. The van der Waals surface area contributed by atoms with E-state index < -0.39 is 0 Å². The number of anilines is 1. The third-order valence-corrected chi connectivity index (χ3v) is 2.47. The maximum atomic E-state index is 12.0. The van der Waals surface area contributed by atoms with Crippen LogP contribution in [0.2, 0.25) is 0 Å². The quantitative estimate of drug-likeness (QED) is 0.494. The van der Waals surface area contributed by atoms with Crippen molar-refractivity contribution >= 4 is 11.5 Å². The Labute approximate surface area is 101 Å². The molecule has 0 radical (unpaired) electrons. The molecule has 17 heavy (non-hydrogen) atoms. The Hall–Kier alpha value is -1.59. The van der Waals surface area contributed by atoms with Crippen LogP contribution in [0.15, 0.2) is 18.2 Å². The Kier molecular flexibility index (Phi) is 4.93. The predicted molar refractivity (Wildman–Crippen MR) is 66.3 cm³/mol. The van der Waals surface area contributed by atoms with Crippen LogP contribution in [-0.2, 0) is 0 Å². The summed E-state index contributed by atoms with van der Waals surface area (Å²) < 4.78 is 5.02. The Balaban J connectivity index is 2.78. The topological polar surface area (TPSA) is 84.6 Å². The van der Waals surface area contributed by atoms with E-state index >= 15 is 0 Å². The van der Waals surface area contributed by atoms with Gasteiger partial charge in [-0.1, -0.05) is 0 Å². The largest absolute Gasteiger partial charge is 0.495 e. The van der Waals surface area contributed by atoms with E-state index in [1.54, 1.807) is 25.1 Å². The number of nitrogens with one attached hydrogen (secondary N) is 1. The molecule has 1 rings (SSSR count). The lowest BCUT2D eigenvalue weighted by molar-refractivity contribution is 0.0948. The predicted octanol–water partition coefficient (Wildman–Crippen LogP) is 0.430. The molecule has 0 aliphatic heterocycles. The number of carbonyl (C=O) groups excluding carboxylic acids is 1. The summed E-state index contributed by atoms with van der Waals surface area (Å²) in [6.07, 6.45) is 0. The molecule has 0 aliphatic rings. The lowest BCUT2D eigenvalue weighted by atomic mass is 10.0. The summed E-state index contributed by atoms with van der Waals surface area (Å²) in [6, 6.07) is 4.59. The zero-order valence-corrected chi connectivity index (χ0v) is 10.1. The number of nitrogens with two attached hydrogens (primary N) is 1. The standard InChI is InChI=1S/C12H18N2O3/c1-8(14-5-6-15)12(16)9-3-4-11(17-2)10(13)7-9/h3-4,7-8,14-15H,5-6,13H2,1-2H3. The summed E-state index contributed by atoms with van der Waals surface area (Å²) >= 11 is 0. The second-order valence-electron chi connectivity index (χ2n) is 3.72. The fourth-order valence-corrected chi connectivity index (χ4v) is 1.51. The minimum absolute atomic E-state index is 0.00235. The Bertz CT molecular complexity index is 393. The highest BCUT2D eigenvalue weighted by molar-refractivity contribution is 6.00. The van der Waals surface area contributed by atoms with Gasteiger partial charge < -0.3 is 20.9 Å². The number of hydrogen-bond acceptors (Lipinski definition) is 5. The molecule has 0 bridgehead atoms. The van der Waals surface area contributed by atoms with E-state index in [1.165, 1.54) is 7.11 Å². The number of rotatable bonds is 6. The van der Waals surface area contributed by atoms with Crippen molar-refractivity contribution in [1.29, 1.82) is 0 Å². The molecular formula is C12H18N2O3. The highest BCUT2D eigenvalue weighted by atomic mass is 16.5. The Morgan fingerprint density at radius 2 is 2.29 bits per heavy atom. The number of benzene rings is 1. The van der Waals surface area contributed by atoms with Crippen molar-refractivity contribution in [2.75, 3.05) is 26.0 Å². The zero-order chi connectivity index (χ0) is 12.8. The van der Waals surface area contributed by atoms with Gasteiger partial charge in [0.05, 0.1) is 25.4 Å². The van der Waals surface area contributed by atoms with E-state index in [0.717, 1.165) is 0 Å². The number of aliphatic hydroxyl groups excluding tert-OH is 1. The smallest absolute Gasteiger partial charge is 0.179 e. The minimum atomic E-state index is -0.352. The van der Waals surface area contributed by atoms with Crippen molar-refractivity contribution in [2.24, 2.45) is 0 Å². The molecular weight excluding hydrogens is 220 g/mol. The second kappa shape index (κ2) is 6.22. The highest BCUT2D eigenvalue weighted by Gasteiger charge is 2.15. The van der Waals surface area contributed by atoms with Crippen molar-refractivity contribution < 1.29 is 14.6 Å². The number of nitrogen functional groups attached to an aromatic ring is 1. The number of ketones is 1. The summed E-state index contributed by atoms with van der Waals surface area (Å²) in [7, 11) is 1.53. The van der Waals surface area contributed by atoms with Crippen LogP contribution in [-0.4, -0.2) is 37.2 Å². The fourth-order valence-electron chi connectivity index (χ4n) is 1.51. The van der Waals surface area contributed by atoms with Crippen LogP contribution in [0.3, 0.4) is 0 Å². The fraction of sp³-hybridized carbons (Fsp3) is 0.417. The van der Waals surface area contributed by atoms with Crippen LogP contribution in [0.1, 0.15) is 17.3 Å². The van der Waals surface area contributed by atoms with Crippen molar-refractivity contribution in [1.82, 2.24) is 5.32 Å². The average Bonchev–Trinajstić information content (AvgIpc) is 2.34. The SMILES string of the molecule is COc1ccc(C(=O)C(C)NCCO)cc1N. The maximum absolute atomic E-state index is 12.0. The van der Waals surface area contributed by atoms with E-state index in [9.17, 15) is 4.79 Å². The minimum Gasteiger partial charge on any atom is -0.495 e. The molecule has 0 aromatic heterocycles. The molecule has 0 spiro atoms. The van der Waals surface area contributed by atoms with Crippen molar-refractivity contribution in [3.8, 4) is 5.75 Å². The van der Waals surface area contributed by atoms with Gasteiger partial charge in [0, 0.05) is 12.1 Å². The first kappa shape index (κ1) is 13.5. The molecule has 0 saturated heterocycles. The normalized spacial score (nSPS) is 12.2. The molecule has 5 heteroatoms. The molecule has 0 saturated carbocycles. The van der Waals surface area contributed by atoms with Gasteiger partial charge in [-0.3, -0.25) is 4.79 Å². The first-order valence-electron chi connectivity index (χ1n) is 5.42. The number of Topliss-reactive ketones (excluding diaryl/α,β-unsaturated/α-hetero) is 1. The van der Waals surface area contributed by atoms with Gasteiger partial charge in [0.15, 0.2) is 5.78 Å². The van der Waals surface area contributed by atoms with Crippen molar-refractivity contribution in [2.45, 2.75) is 13.0 Å². The van der Waals surface area contributed by atoms with Crippen LogP contribution in [0.25, 0.3) is 0 Å². The monoisotopic (exact) mass is 238 g/mol. The number of carbonyl (C=O) groups is 1.